The first-order valence-electron chi connectivity index (χ1n) is 8.71. The predicted molar refractivity (Wildman–Crippen MR) is 105 cm³/mol. The van der Waals surface area contributed by atoms with Gasteiger partial charge in [0, 0.05) is 36.2 Å². The molecule has 26 heavy (non-hydrogen) atoms. The van der Waals surface area contributed by atoms with E-state index in [2.05, 4.69) is 35.2 Å². The molecular weight excluding hydrogens is 346 g/mol. The van der Waals surface area contributed by atoms with Crippen molar-refractivity contribution in [3.05, 3.63) is 75.7 Å². The van der Waals surface area contributed by atoms with Gasteiger partial charge < -0.3 is 4.90 Å². The zero-order valence-corrected chi connectivity index (χ0v) is 15.1. The van der Waals surface area contributed by atoms with Gasteiger partial charge in [-0.2, -0.15) is 0 Å². The number of non-ortho nitro benzene ring substituents is 1. The van der Waals surface area contributed by atoms with E-state index >= 15 is 0 Å². The normalized spacial score (nSPS) is 15.2. The second-order valence-electron chi connectivity index (χ2n) is 6.49. The lowest BCUT2D eigenvalue weighted by atomic mass is 9.90. The van der Waals surface area contributed by atoms with E-state index in [0.29, 0.717) is 5.92 Å². The lowest BCUT2D eigenvalue weighted by molar-refractivity contribution is -0.384. The Balaban J connectivity index is 1.43. The van der Waals surface area contributed by atoms with Crippen molar-refractivity contribution in [1.29, 1.82) is 0 Å². The molecule has 0 atom stereocenters. The number of thiazole rings is 1. The summed E-state index contributed by atoms with van der Waals surface area (Å²) < 4.78 is 0. The molecule has 6 heteroatoms. The highest BCUT2D eigenvalue weighted by atomic mass is 32.1. The van der Waals surface area contributed by atoms with Crippen molar-refractivity contribution in [3.8, 4) is 11.3 Å². The third-order valence-electron chi connectivity index (χ3n) is 4.90. The standard InChI is InChI=1S/C20H19N3O2S/c24-23(25)18-8-6-17(7-9-18)19-14-26-20(21-19)22-12-10-16(11-13-22)15-4-2-1-3-5-15/h1-9,14,16H,10-13H2. The molecule has 0 saturated carbocycles. The van der Waals surface area contributed by atoms with E-state index in [1.54, 1.807) is 23.5 Å². The van der Waals surface area contributed by atoms with Crippen molar-refractivity contribution >= 4 is 22.2 Å². The lowest BCUT2D eigenvalue weighted by Crippen LogP contribution is -2.32. The van der Waals surface area contributed by atoms with Crippen LogP contribution in [0.25, 0.3) is 11.3 Å². The average Bonchev–Trinajstić information content (AvgIpc) is 3.19. The SMILES string of the molecule is O=[N+]([O-])c1ccc(-c2csc(N3CCC(c4ccccc4)CC3)n2)cc1. The molecule has 1 saturated heterocycles. The van der Waals surface area contributed by atoms with Crippen LogP contribution >= 0.6 is 11.3 Å². The Labute approximate surface area is 156 Å². The molecule has 1 fully saturated rings. The van der Waals surface area contributed by atoms with Crippen molar-refractivity contribution in [2.24, 2.45) is 0 Å². The quantitative estimate of drug-likeness (QED) is 0.476. The monoisotopic (exact) mass is 365 g/mol. The number of piperidine rings is 1. The molecule has 0 bridgehead atoms. The molecular formula is C20H19N3O2S. The van der Waals surface area contributed by atoms with Gasteiger partial charge in [-0.15, -0.1) is 11.3 Å². The number of hydrogen-bond acceptors (Lipinski definition) is 5. The molecule has 2 aromatic carbocycles. The molecule has 3 aromatic rings. The molecule has 0 N–H and O–H groups in total. The van der Waals surface area contributed by atoms with Gasteiger partial charge in [0.25, 0.3) is 5.69 Å². The van der Waals surface area contributed by atoms with Crippen molar-refractivity contribution < 1.29 is 4.92 Å². The molecule has 0 radical (unpaired) electrons. The molecule has 0 unspecified atom stereocenters. The zero-order chi connectivity index (χ0) is 17.9. The third-order valence-corrected chi connectivity index (χ3v) is 5.80. The zero-order valence-electron chi connectivity index (χ0n) is 14.2. The molecule has 0 amide bonds. The second-order valence-corrected chi connectivity index (χ2v) is 7.33. The number of benzene rings is 2. The van der Waals surface area contributed by atoms with E-state index in [0.717, 1.165) is 42.3 Å². The first kappa shape index (κ1) is 16.7. The highest BCUT2D eigenvalue weighted by Crippen LogP contribution is 2.33. The van der Waals surface area contributed by atoms with Crippen LogP contribution in [0.1, 0.15) is 24.3 Å². The molecule has 1 aliphatic heterocycles. The molecule has 2 heterocycles. The number of nitrogens with zero attached hydrogens (tertiary/aromatic N) is 3. The summed E-state index contributed by atoms with van der Waals surface area (Å²) in [7, 11) is 0. The van der Waals surface area contributed by atoms with Crippen LogP contribution in [0.15, 0.2) is 60.0 Å². The fraction of sp³-hybridized carbons (Fsp3) is 0.250. The lowest BCUT2D eigenvalue weighted by Gasteiger charge is -2.32. The predicted octanol–water partition coefficient (Wildman–Crippen LogP) is 5.10. The minimum Gasteiger partial charge on any atom is -0.348 e. The van der Waals surface area contributed by atoms with Crippen LogP contribution in [0.5, 0.6) is 0 Å². The Hall–Kier alpha value is -2.73. The second kappa shape index (κ2) is 7.25. The Kier molecular flexibility index (Phi) is 4.67. The minimum absolute atomic E-state index is 0.104. The molecule has 0 aliphatic carbocycles. The Morgan fingerprint density at radius 1 is 1.04 bits per heavy atom. The highest BCUT2D eigenvalue weighted by molar-refractivity contribution is 7.14. The van der Waals surface area contributed by atoms with Crippen LogP contribution in [0.4, 0.5) is 10.8 Å². The molecule has 5 nitrogen and oxygen atoms in total. The van der Waals surface area contributed by atoms with Gasteiger partial charge in [-0.25, -0.2) is 4.98 Å². The summed E-state index contributed by atoms with van der Waals surface area (Å²) >= 11 is 1.64. The van der Waals surface area contributed by atoms with Crippen LogP contribution in [-0.2, 0) is 0 Å². The van der Waals surface area contributed by atoms with Crippen LogP contribution in [0, 0.1) is 10.1 Å². The van der Waals surface area contributed by atoms with Crippen LogP contribution in [0.3, 0.4) is 0 Å². The number of nitro groups is 1. The van der Waals surface area contributed by atoms with Crippen molar-refractivity contribution in [3.63, 3.8) is 0 Å². The van der Waals surface area contributed by atoms with Crippen LogP contribution < -0.4 is 4.90 Å². The summed E-state index contributed by atoms with van der Waals surface area (Å²) in [6, 6.07) is 17.3. The topological polar surface area (TPSA) is 59.3 Å². The smallest absolute Gasteiger partial charge is 0.269 e. The van der Waals surface area contributed by atoms with Crippen molar-refractivity contribution in [1.82, 2.24) is 4.98 Å². The van der Waals surface area contributed by atoms with E-state index in [4.69, 9.17) is 4.98 Å². The summed E-state index contributed by atoms with van der Waals surface area (Å²) in [6.07, 6.45) is 2.27. The van der Waals surface area contributed by atoms with E-state index in [1.807, 2.05) is 5.38 Å². The average molecular weight is 365 g/mol. The number of rotatable bonds is 4. The molecule has 4 rings (SSSR count). The first-order valence-corrected chi connectivity index (χ1v) is 9.59. The van der Waals surface area contributed by atoms with E-state index in [1.165, 1.54) is 17.7 Å². The first-order chi connectivity index (χ1) is 12.7. The fourth-order valence-corrected chi connectivity index (χ4v) is 4.31. The number of aromatic nitrogens is 1. The molecule has 0 spiro atoms. The summed E-state index contributed by atoms with van der Waals surface area (Å²) in [4.78, 5) is 17.5. The Bertz CT molecular complexity index is 885. The third kappa shape index (κ3) is 3.46. The summed E-state index contributed by atoms with van der Waals surface area (Å²) in [5.74, 6) is 0.626. The van der Waals surface area contributed by atoms with Crippen LogP contribution in [-0.4, -0.2) is 23.0 Å². The van der Waals surface area contributed by atoms with E-state index in [-0.39, 0.29) is 10.6 Å². The highest BCUT2D eigenvalue weighted by Gasteiger charge is 2.22. The minimum atomic E-state index is -0.382. The summed E-state index contributed by atoms with van der Waals surface area (Å²) in [5.41, 5.74) is 3.33. The molecule has 1 aromatic heterocycles. The van der Waals surface area contributed by atoms with Gasteiger partial charge in [-0.3, -0.25) is 10.1 Å². The Morgan fingerprint density at radius 3 is 2.38 bits per heavy atom. The fourth-order valence-electron chi connectivity index (χ4n) is 3.43. The largest absolute Gasteiger partial charge is 0.348 e. The van der Waals surface area contributed by atoms with Gasteiger partial charge in [0.1, 0.15) is 0 Å². The maximum Gasteiger partial charge on any atom is 0.269 e. The summed E-state index contributed by atoms with van der Waals surface area (Å²) in [5, 5.41) is 13.8. The van der Waals surface area contributed by atoms with E-state index in [9.17, 15) is 10.1 Å². The van der Waals surface area contributed by atoms with Crippen molar-refractivity contribution in [2.75, 3.05) is 18.0 Å². The van der Waals surface area contributed by atoms with Crippen molar-refractivity contribution in [2.45, 2.75) is 18.8 Å². The maximum atomic E-state index is 10.8. The van der Waals surface area contributed by atoms with Gasteiger partial charge >= 0.3 is 0 Å². The Morgan fingerprint density at radius 2 is 1.73 bits per heavy atom. The van der Waals surface area contributed by atoms with E-state index < -0.39 is 0 Å². The van der Waals surface area contributed by atoms with Gasteiger partial charge in [0.15, 0.2) is 5.13 Å². The number of nitro benzene ring substituents is 1. The summed E-state index contributed by atoms with van der Waals surface area (Å²) in [6.45, 7) is 2.01. The molecule has 1 aliphatic rings. The number of hydrogen-bond donors (Lipinski definition) is 0. The van der Waals surface area contributed by atoms with Gasteiger partial charge in [0.2, 0.25) is 0 Å². The van der Waals surface area contributed by atoms with Gasteiger partial charge in [-0.1, -0.05) is 30.3 Å². The van der Waals surface area contributed by atoms with Gasteiger partial charge in [-0.05, 0) is 36.5 Å². The maximum absolute atomic E-state index is 10.8. The van der Waals surface area contributed by atoms with Gasteiger partial charge in [0.05, 0.1) is 10.6 Å². The molecule has 132 valence electrons. The van der Waals surface area contributed by atoms with Crippen LogP contribution in [0.2, 0.25) is 0 Å². The number of anilines is 1.